The van der Waals surface area contributed by atoms with Gasteiger partial charge < -0.3 is 10.4 Å². The van der Waals surface area contributed by atoms with E-state index in [1.54, 1.807) is 11.3 Å². The Morgan fingerprint density at radius 1 is 0.789 bits per heavy atom. The van der Waals surface area contributed by atoms with Gasteiger partial charge in [0, 0.05) is 23.1 Å². The molecule has 6 heteroatoms. The maximum absolute atomic E-state index is 13.8. The molecule has 0 saturated carbocycles. The van der Waals surface area contributed by atoms with Crippen LogP contribution in [0.4, 0.5) is 5.69 Å². The predicted octanol–water partition coefficient (Wildman–Crippen LogP) is 6.82. The van der Waals surface area contributed by atoms with Gasteiger partial charge >= 0.3 is 5.97 Å². The highest BCUT2D eigenvalue weighted by Gasteiger charge is 2.55. The average molecular weight is 517 g/mol. The molecule has 2 atom stereocenters. The van der Waals surface area contributed by atoms with E-state index in [9.17, 15) is 14.7 Å². The zero-order valence-corrected chi connectivity index (χ0v) is 21.4. The smallest absolute Gasteiger partial charge is 0.308 e. The minimum absolute atomic E-state index is 0.264. The van der Waals surface area contributed by atoms with Gasteiger partial charge in [0.1, 0.15) is 5.01 Å². The molecule has 0 aliphatic heterocycles. The summed E-state index contributed by atoms with van der Waals surface area (Å²) >= 11 is 1.64. The average Bonchev–Trinajstić information content (AvgIpc) is 3.36. The van der Waals surface area contributed by atoms with Gasteiger partial charge in [0.15, 0.2) is 0 Å². The standard InChI is InChI=1S/C32H24N2O3S/c1-17-10-15-24-25(16-17)38-31(34-24)18-11-13-19(14-12-18)33-30(35)28-26-20-6-2-4-8-22(20)27(29(28)32(36)37)23-9-5-3-7-21(23)26/h2-16,26-29H,1H3,(H,33,35)(H,36,37). The van der Waals surface area contributed by atoms with E-state index in [-0.39, 0.29) is 17.7 Å². The van der Waals surface area contributed by atoms with Gasteiger partial charge in [-0.15, -0.1) is 11.3 Å². The molecule has 1 aromatic heterocycles. The molecule has 0 radical (unpaired) electrons. The number of nitrogens with one attached hydrogen (secondary N) is 1. The van der Waals surface area contributed by atoms with Crippen molar-refractivity contribution in [2.24, 2.45) is 11.8 Å². The number of amides is 1. The Labute approximate surface area is 223 Å². The van der Waals surface area contributed by atoms with Crippen LogP contribution in [0, 0.1) is 18.8 Å². The first-order chi connectivity index (χ1) is 18.5. The van der Waals surface area contributed by atoms with Crippen molar-refractivity contribution in [3.63, 3.8) is 0 Å². The number of fused-ring (bicyclic) bond motifs is 2. The Morgan fingerprint density at radius 2 is 1.37 bits per heavy atom. The van der Waals surface area contributed by atoms with Gasteiger partial charge in [-0.3, -0.25) is 9.59 Å². The van der Waals surface area contributed by atoms with Crippen molar-refractivity contribution in [2.75, 3.05) is 5.32 Å². The van der Waals surface area contributed by atoms with Gasteiger partial charge in [0.2, 0.25) is 5.91 Å². The van der Waals surface area contributed by atoms with Crippen molar-refractivity contribution in [3.8, 4) is 10.6 Å². The zero-order chi connectivity index (χ0) is 26.0. The lowest BCUT2D eigenvalue weighted by Crippen LogP contribution is -2.48. The first-order valence-electron chi connectivity index (χ1n) is 12.7. The topological polar surface area (TPSA) is 79.3 Å². The van der Waals surface area contributed by atoms with E-state index in [0.29, 0.717) is 5.69 Å². The Hall–Kier alpha value is -4.29. The fourth-order valence-corrected chi connectivity index (χ4v) is 7.44. The molecular formula is C32H24N2O3S. The van der Waals surface area contributed by atoms with Crippen LogP contribution in [-0.4, -0.2) is 22.0 Å². The Bertz CT molecular complexity index is 1690. The molecule has 2 unspecified atom stereocenters. The highest BCUT2D eigenvalue weighted by molar-refractivity contribution is 7.21. The normalized spacial score (nSPS) is 21.1. The number of carbonyl (C=O) groups excluding carboxylic acids is 1. The number of aryl methyl sites for hydroxylation is 1. The summed E-state index contributed by atoms with van der Waals surface area (Å²) in [7, 11) is 0. The Kier molecular flexibility index (Phi) is 5.20. The third kappa shape index (κ3) is 3.48. The van der Waals surface area contributed by atoms with Gasteiger partial charge in [-0.25, -0.2) is 4.98 Å². The highest BCUT2D eigenvalue weighted by atomic mass is 32.1. The summed E-state index contributed by atoms with van der Waals surface area (Å²) in [6.45, 7) is 2.07. The van der Waals surface area contributed by atoms with Crippen molar-refractivity contribution in [1.82, 2.24) is 4.98 Å². The Balaban J connectivity index is 1.22. The number of thiazole rings is 1. The van der Waals surface area contributed by atoms with E-state index in [2.05, 4.69) is 24.4 Å². The number of hydrogen-bond donors (Lipinski definition) is 2. The number of aromatic nitrogens is 1. The predicted molar refractivity (Wildman–Crippen MR) is 150 cm³/mol. The van der Waals surface area contributed by atoms with Crippen LogP contribution in [0.1, 0.15) is 39.7 Å². The lowest BCUT2D eigenvalue weighted by Gasteiger charge is -2.48. The van der Waals surface area contributed by atoms with Crippen LogP contribution < -0.4 is 5.32 Å². The minimum Gasteiger partial charge on any atom is -0.481 e. The highest BCUT2D eigenvalue weighted by Crippen LogP contribution is 2.58. The molecule has 0 saturated heterocycles. The van der Waals surface area contributed by atoms with E-state index < -0.39 is 17.8 Å². The fraction of sp³-hybridized carbons (Fsp3) is 0.156. The lowest BCUT2D eigenvalue weighted by atomic mass is 9.54. The lowest BCUT2D eigenvalue weighted by molar-refractivity contribution is -0.148. The molecule has 4 aromatic carbocycles. The number of carbonyl (C=O) groups is 2. The number of nitrogens with zero attached hydrogens (tertiary/aromatic N) is 1. The second-order valence-electron chi connectivity index (χ2n) is 10.2. The molecule has 2 bridgehead atoms. The maximum atomic E-state index is 13.8. The summed E-state index contributed by atoms with van der Waals surface area (Å²) in [6.07, 6.45) is 0. The molecule has 3 aliphatic carbocycles. The number of benzene rings is 4. The number of hydrogen-bond acceptors (Lipinski definition) is 4. The third-order valence-electron chi connectivity index (χ3n) is 7.97. The van der Waals surface area contributed by atoms with Crippen molar-refractivity contribution >= 4 is 39.1 Å². The SMILES string of the molecule is Cc1ccc2nc(-c3ccc(NC(=O)C4C5c6ccccc6C(c6ccccc65)C4C(=O)O)cc3)sc2c1. The number of anilines is 1. The zero-order valence-electron chi connectivity index (χ0n) is 20.6. The largest absolute Gasteiger partial charge is 0.481 e. The molecule has 1 heterocycles. The number of carboxylic acid groups (broad SMARTS) is 1. The Morgan fingerprint density at radius 3 is 1.95 bits per heavy atom. The second kappa shape index (κ2) is 8.64. The third-order valence-corrected chi connectivity index (χ3v) is 9.04. The summed E-state index contributed by atoms with van der Waals surface area (Å²) in [6, 6.07) is 29.8. The fourth-order valence-electron chi connectivity index (χ4n) is 6.37. The molecule has 1 amide bonds. The first kappa shape index (κ1) is 22.9. The number of aliphatic carboxylic acids is 1. The summed E-state index contributed by atoms with van der Waals surface area (Å²) in [5.41, 5.74) is 7.93. The first-order valence-corrected chi connectivity index (χ1v) is 13.5. The molecule has 2 N–H and O–H groups in total. The molecule has 8 rings (SSSR count). The molecular weight excluding hydrogens is 492 g/mol. The van der Waals surface area contributed by atoms with Crippen molar-refractivity contribution < 1.29 is 14.7 Å². The minimum atomic E-state index is -0.939. The molecule has 3 aliphatic rings. The number of rotatable bonds is 4. The molecule has 5 nitrogen and oxygen atoms in total. The maximum Gasteiger partial charge on any atom is 0.308 e. The van der Waals surface area contributed by atoms with Crippen LogP contribution in [0.3, 0.4) is 0 Å². The van der Waals surface area contributed by atoms with Gasteiger partial charge in [0.05, 0.1) is 22.1 Å². The van der Waals surface area contributed by atoms with Crippen LogP contribution in [-0.2, 0) is 9.59 Å². The summed E-state index contributed by atoms with van der Waals surface area (Å²) in [5.74, 6) is -3.42. The second-order valence-corrected chi connectivity index (χ2v) is 11.2. The molecule has 0 spiro atoms. The van der Waals surface area contributed by atoms with Crippen LogP contribution >= 0.6 is 11.3 Å². The van der Waals surface area contributed by atoms with Crippen LogP contribution in [0.2, 0.25) is 0 Å². The summed E-state index contributed by atoms with van der Waals surface area (Å²) in [5, 5.41) is 14.3. The molecule has 0 fully saturated rings. The van der Waals surface area contributed by atoms with Crippen LogP contribution in [0.5, 0.6) is 0 Å². The van der Waals surface area contributed by atoms with E-state index in [1.165, 1.54) is 5.56 Å². The van der Waals surface area contributed by atoms with E-state index in [4.69, 9.17) is 4.98 Å². The van der Waals surface area contributed by atoms with Gasteiger partial charge in [-0.2, -0.15) is 0 Å². The van der Waals surface area contributed by atoms with Crippen LogP contribution in [0.15, 0.2) is 91.0 Å². The molecule has 38 heavy (non-hydrogen) atoms. The van der Waals surface area contributed by atoms with Crippen LogP contribution in [0.25, 0.3) is 20.8 Å². The van der Waals surface area contributed by atoms with Crippen molar-refractivity contribution in [1.29, 1.82) is 0 Å². The van der Waals surface area contributed by atoms with Gasteiger partial charge in [0.25, 0.3) is 0 Å². The molecule has 186 valence electrons. The summed E-state index contributed by atoms with van der Waals surface area (Å²) in [4.78, 5) is 31.2. The van der Waals surface area contributed by atoms with Crippen molar-refractivity contribution in [3.05, 3.63) is 119 Å². The quantitative estimate of drug-likeness (QED) is 0.275. The van der Waals surface area contributed by atoms with E-state index in [1.807, 2.05) is 78.9 Å². The van der Waals surface area contributed by atoms with E-state index >= 15 is 0 Å². The summed E-state index contributed by atoms with van der Waals surface area (Å²) < 4.78 is 1.14. The number of carboxylic acids is 1. The van der Waals surface area contributed by atoms with Gasteiger partial charge in [-0.05, 0) is 71.1 Å². The monoisotopic (exact) mass is 516 g/mol. The van der Waals surface area contributed by atoms with E-state index in [0.717, 1.165) is 43.0 Å². The molecule has 5 aromatic rings. The van der Waals surface area contributed by atoms with Gasteiger partial charge in [-0.1, -0.05) is 54.6 Å². The van der Waals surface area contributed by atoms with Crippen molar-refractivity contribution in [2.45, 2.75) is 18.8 Å².